The minimum atomic E-state index is -3.94. The van der Waals surface area contributed by atoms with Crippen LogP contribution in [0.3, 0.4) is 0 Å². The zero-order valence-corrected chi connectivity index (χ0v) is 17.5. The Morgan fingerprint density at radius 3 is 2.21 bits per heavy atom. The van der Waals surface area contributed by atoms with Crippen molar-refractivity contribution in [2.24, 2.45) is 0 Å². The van der Waals surface area contributed by atoms with E-state index in [-0.39, 0.29) is 16.7 Å². The summed E-state index contributed by atoms with van der Waals surface area (Å²) in [6, 6.07) is 5.50. The van der Waals surface area contributed by atoms with E-state index in [4.69, 9.17) is 4.74 Å². The summed E-state index contributed by atoms with van der Waals surface area (Å²) in [7, 11) is -3.94. The van der Waals surface area contributed by atoms with E-state index in [2.05, 4.69) is 10.0 Å². The van der Waals surface area contributed by atoms with Gasteiger partial charge in [-0.2, -0.15) is 4.72 Å². The summed E-state index contributed by atoms with van der Waals surface area (Å²) in [4.78, 5) is 37.0. The van der Waals surface area contributed by atoms with Gasteiger partial charge in [0.2, 0.25) is 15.9 Å². The Balaban J connectivity index is 1.86. The van der Waals surface area contributed by atoms with E-state index in [9.17, 15) is 22.8 Å². The van der Waals surface area contributed by atoms with Crippen molar-refractivity contribution < 1.29 is 27.5 Å². The maximum absolute atomic E-state index is 12.4. The lowest BCUT2D eigenvalue weighted by molar-refractivity contribution is -0.158. The first kappa shape index (κ1) is 22.8. The van der Waals surface area contributed by atoms with Crippen LogP contribution in [0.15, 0.2) is 29.2 Å². The van der Waals surface area contributed by atoms with Gasteiger partial charge in [0.1, 0.15) is 6.54 Å². The molecule has 1 aliphatic heterocycles. The number of ether oxygens (including phenoxy) is 1. The fourth-order valence-electron chi connectivity index (χ4n) is 3.00. The molecule has 10 heteroatoms. The number of rotatable bonds is 7. The average Bonchev–Trinajstić information content (AvgIpc) is 2.95. The van der Waals surface area contributed by atoms with E-state index < -0.39 is 28.6 Å². The average molecular weight is 426 g/mol. The molecule has 0 aliphatic carbocycles. The molecular weight excluding hydrogens is 398 g/mol. The van der Waals surface area contributed by atoms with Crippen LogP contribution in [0.25, 0.3) is 0 Å². The lowest BCUT2D eigenvalue weighted by Crippen LogP contribution is -2.42. The molecule has 9 nitrogen and oxygen atoms in total. The zero-order valence-electron chi connectivity index (χ0n) is 16.6. The third-order valence-electron chi connectivity index (χ3n) is 4.47. The van der Waals surface area contributed by atoms with Crippen LogP contribution >= 0.6 is 0 Å². The first-order valence-electron chi connectivity index (χ1n) is 9.54. The number of nitrogens with one attached hydrogen (secondary N) is 2. The van der Waals surface area contributed by atoms with Gasteiger partial charge in [-0.25, -0.2) is 8.42 Å². The van der Waals surface area contributed by atoms with Gasteiger partial charge in [-0.05, 0) is 44.0 Å². The molecule has 0 spiro atoms. The number of hydrogen-bond acceptors (Lipinski definition) is 6. The number of benzene rings is 1. The Bertz CT molecular complexity index is 830. The van der Waals surface area contributed by atoms with Gasteiger partial charge in [0, 0.05) is 25.7 Å². The van der Waals surface area contributed by atoms with Gasteiger partial charge < -0.3 is 15.0 Å². The lowest BCUT2D eigenvalue weighted by Gasteiger charge is -2.24. The van der Waals surface area contributed by atoms with E-state index in [1.165, 1.54) is 38.1 Å². The summed E-state index contributed by atoms with van der Waals surface area (Å²) in [5, 5.41) is 2.53. The second kappa shape index (κ2) is 10.4. The largest absolute Gasteiger partial charge is 0.452 e. The smallest absolute Gasteiger partial charge is 0.321 e. The molecule has 1 aromatic rings. The number of carbonyl (C=O) groups excluding carboxylic acids is 3. The second-order valence-corrected chi connectivity index (χ2v) is 8.67. The minimum absolute atomic E-state index is 0.0620. The Hall–Kier alpha value is -2.46. The first-order valence-corrected chi connectivity index (χ1v) is 11.0. The maximum Gasteiger partial charge on any atom is 0.321 e. The number of hydrogen-bond donors (Lipinski definition) is 2. The number of sulfonamides is 1. The molecule has 1 fully saturated rings. The quantitative estimate of drug-likeness (QED) is 0.634. The van der Waals surface area contributed by atoms with Crippen molar-refractivity contribution in [2.45, 2.75) is 50.5 Å². The van der Waals surface area contributed by atoms with Crippen molar-refractivity contribution in [3.8, 4) is 0 Å². The number of amides is 2. The molecule has 0 unspecified atom stereocenters. The molecule has 29 heavy (non-hydrogen) atoms. The molecule has 1 saturated heterocycles. The van der Waals surface area contributed by atoms with Crippen molar-refractivity contribution in [2.75, 3.05) is 25.0 Å². The van der Waals surface area contributed by atoms with Crippen LogP contribution in [0.5, 0.6) is 0 Å². The predicted molar refractivity (Wildman–Crippen MR) is 107 cm³/mol. The molecule has 2 rings (SSSR count). The predicted octanol–water partition coefficient (Wildman–Crippen LogP) is 1.26. The highest BCUT2D eigenvalue weighted by Crippen LogP contribution is 2.14. The lowest BCUT2D eigenvalue weighted by atomic mass is 10.2. The minimum Gasteiger partial charge on any atom is -0.452 e. The molecule has 0 saturated carbocycles. The number of likely N-dealkylation sites (tertiary alicyclic amines) is 1. The zero-order chi connectivity index (χ0) is 21.4. The van der Waals surface area contributed by atoms with Gasteiger partial charge in [0.15, 0.2) is 6.10 Å². The Morgan fingerprint density at radius 1 is 1.07 bits per heavy atom. The molecule has 2 amide bonds. The van der Waals surface area contributed by atoms with E-state index in [1.54, 1.807) is 4.90 Å². The van der Waals surface area contributed by atoms with Gasteiger partial charge in [0.05, 0.1) is 4.90 Å². The van der Waals surface area contributed by atoms with E-state index in [0.29, 0.717) is 18.8 Å². The van der Waals surface area contributed by atoms with Gasteiger partial charge in [-0.1, -0.05) is 12.8 Å². The van der Waals surface area contributed by atoms with Crippen molar-refractivity contribution in [1.82, 2.24) is 9.62 Å². The number of anilines is 1. The van der Waals surface area contributed by atoms with Gasteiger partial charge in [-0.3, -0.25) is 14.4 Å². The maximum atomic E-state index is 12.4. The summed E-state index contributed by atoms with van der Waals surface area (Å²) in [6.45, 7) is 3.52. The fraction of sp³-hybridized carbons (Fsp3) is 0.526. The Labute approximate surface area is 170 Å². The summed E-state index contributed by atoms with van der Waals surface area (Å²) < 4.78 is 31.8. The van der Waals surface area contributed by atoms with Crippen LogP contribution < -0.4 is 10.0 Å². The highest BCUT2D eigenvalue weighted by molar-refractivity contribution is 7.89. The van der Waals surface area contributed by atoms with Crippen LogP contribution in [-0.2, 0) is 29.1 Å². The first-order chi connectivity index (χ1) is 13.7. The van der Waals surface area contributed by atoms with Gasteiger partial charge in [0.25, 0.3) is 5.91 Å². The molecule has 1 heterocycles. The molecule has 0 bridgehead atoms. The van der Waals surface area contributed by atoms with Gasteiger partial charge in [-0.15, -0.1) is 0 Å². The molecule has 2 N–H and O–H groups in total. The standard InChI is InChI=1S/C19H27N3O6S/c1-14(19(25)22-11-5-3-4-6-12-22)28-18(24)13-20-29(26,27)17-9-7-16(8-10-17)21-15(2)23/h7-10,14,20H,3-6,11-13H2,1-2H3,(H,21,23)/t14-/m0/s1. The highest BCUT2D eigenvalue weighted by Gasteiger charge is 2.25. The number of carbonyl (C=O) groups is 3. The molecule has 1 atom stereocenters. The van der Waals surface area contributed by atoms with E-state index in [1.807, 2.05) is 0 Å². The monoisotopic (exact) mass is 425 g/mol. The van der Waals surface area contributed by atoms with E-state index >= 15 is 0 Å². The van der Waals surface area contributed by atoms with Crippen LogP contribution in [-0.4, -0.2) is 56.8 Å². The summed E-state index contributed by atoms with van der Waals surface area (Å²) in [6.07, 6.45) is 3.03. The van der Waals surface area contributed by atoms with Crippen LogP contribution in [0.2, 0.25) is 0 Å². The van der Waals surface area contributed by atoms with Crippen LogP contribution in [0.4, 0.5) is 5.69 Å². The third kappa shape index (κ3) is 7.13. The van der Waals surface area contributed by atoms with Gasteiger partial charge >= 0.3 is 5.97 Å². The normalized spacial score (nSPS) is 15.9. The second-order valence-electron chi connectivity index (χ2n) is 6.90. The number of esters is 1. The molecule has 0 radical (unpaired) electrons. The summed E-state index contributed by atoms with van der Waals surface area (Å²) in [5.41, 5.74) is 0.455. The molecule has 1 aliphatic rings. The third-order valence-corrected chi connectivity index (χ3v) is 5.88. The Kier molecular flexibility index (Phi) is 8.15. The summed E-state index contributed by atoms with van der Waals surface area (Å²) >= 11 is 0. The Morgan fingerprint density at radius 2 is 1.66 bits per heavy atom. The molecule has 1 aromatic carbocycles. The van der Waals surface area contributed by atoms with Crippen molar-refractivity contribution in [3.05, 3.63) is 24.3 Å². The topological polar surface area (TPSA) is 122 Å². The van der Waals surface area contributed by atoms with Crippen molar-refractivity contribution >= 4 is 33.5 Å². The summed E-state index contributed by atoms with van der Waals surface area (Å²) in [5.74, 6) is -1.37. The van der Waals surface area contributed by atoms with Crippen LogP contribution in [0, 0.1) is 0 Å². The van der Waals surface area contributed by atoms with Crippen LogP contribution in [0.1, 0.15) is 39.5 Å². The SMILES string of the molecule is CC(=O)Nc1ccc(S(=O)(=O)NCC(=O)O[C@@H](C)C(=O)N2CCCCCC2)cc1. The number of nitrogens with zero attached hydrogens (tertiary/aromatic N) is 1. The molecular formula is C19H27N3O6S. The molecule has 0 aromatic heterocycles. The van der Waals surface area contributed by atoms with E-state index in [0.717, 1.165) is 25.7 Å². The molecule has 160 valence electrons. The van der Waals surface area contributed by atoms with Crippen molar-refractivity contribution in [1.29, 1.82) is 0 Å². The van der Waals surface area contributed by atoms with Crippen molar-refractivity contribution in [3.63, 3.8) is 0 Å². The highest BCUT2D eigenvalue weighted by atomic mass is 32.2. The fourth-order valence-corrected chi connectivity index (χ4v) is 3.96.